The molecule has 140 valence electrons. The zero-order valence-electron chi connectivity index (χ0n) is 14.9. The van der Waals surface area contributed by atoms with Crippen LogP contribution in [0.3, 0.4) is 0 Å². The number of piperidine rings is 1. The number of rotatable bonds is 4. The maximum atomic E-state index is 12.3. The van der Waals surface area contributed by atoms with Crippen molar-refractivity contribution in [3.05, 3.63) is 45.5 Å². The van der Waals surface area contributed by atoms with E-state index >= 15 is 0 Å². The molecule has 1 unspecified atom stereocenters. The van der Waals surface area contributed by atoms with E-state index in [2.05, 4.69) is 14.8 Å². The predicted octanol–water partition coefficient (Wildman–Crippen LogP) is 1.89. The summed E-state index contributed by atoms with van der Waals surface area (Å²) in [6.45, 7) is 7.81. The molecule has 0 aliphatic carbocycles. The minimum atomic E-state index is -0.0747. The number of likely N-dealkylation sites (tertiary alicyclic amines) is 1. The smallest absolute Gasteiger partial charge is 0.258 e. The summed E-state index contributed by atoms with van der Waals surface area (Å²) < 4.78 is 6.95. The highest BCUT2D eigenvalue weighted by Crippen LogP contribution is 2.20. The molecule has 26 heavy (non-hydrogen) atoms. The Bertz CT molecular complexity index is 819. The van der Waals surface area contributed by atoms with Crippen LogP contribution < -0.4 is 5.56 Å². The largest absolute Gasteiger partial charge is 0.379 e. The number of pyridine rings is 1. The van der Waals surface area contributed by atoms with Gasteiger partial charge >= 0.3 is 0 Å². The Balaban J connectivity index is 1.42. The van der Waals surface area contributed by atoms with Crippen LogP contribution in [0.5, 0.6) is 0 Å². The van der Waals surface area contributed by atoms with Crippen LogP contribution in [-0.4, -0.2) is 65.1 Å². The predicted molar refractivity (Wildman–Crippen MR) is 102 cm³/mol. The van der Waals surface area contributed by atoms with Crippen molar-refractivity contribution in [2.75, 3.05) is 45.9 Å². The number of hydrogen-bond donors (Lipinski definition) is 0. The first-order valence-corrected chi connectivity index (χ1v) is 9.75. The molecule has 2 fully saturated rings. The molecule has 0 amide bonds. The Labute approximate surface area is 158 Å². The summed E-state index contributed by atoms with van der Waals surface area (Å²) >= 11 is 5.97. The second-order valence-corrected chi connectivity index (χ2v) is 7.75. The molecule has 0 bridgehead atoms. The SMILES string of the molecule is O=c1cc(CN2CCCC(CN3CCOCC3)C2)nc2ccc(Cl)cn12. The molecular formula is C19H25ClN4O2. The van der Waals surface area contributed by atoms with E-state index in [-0.39, 0.29) is 5.56 Å². The van der Waals surface area contributed by atoms with Gasteiger partial charge in [-0.05, 0) is 37.4 Å². The van der Waals surface area contributed by atoms with Gasteiger partial charge in [0.15, 0.2) is 0 Å². The van der Waals surface area contributed by atoms with Crippen LogP contribution in [0.2, 0.25) is 5.02 Å². The van der Waals surface area contributed by atoms with Gasteiger partial charge in [-0.1, -0.05) is 11.6 Å². The highest BCUT2D eigenvalue weighted by atomic mass is 35.5. The number of aromatic nitrogens is 2. The first kappa shape index (κ1) is 17.9. The molecule has 0 N–H and O–H groups in total. The van der Waals surface area contributed by atoms with Gasteiger partial charge in [0.2, 0.25) is 0 Å². The number of fused-ring (bicyclic) bond motifs is 1. The second kappa shape index (κ2) is 8.05. The van der Waals surface area contributed by atoms with Crippen LogP contribution in [0, 0.1) is 5.92 Å². The Morgan fingerprint density at radius 1 is 1.19 bits per heavy atom. The number of hydrogen-bond acceptors (Lipinski definition) is 5. The van der Waals surface area contributed by atoms with Crippen molar-refractivity contribution < 1.29 is 4.74 Å². The van der Waals surface area contributed by atoms with E-state index in [0.29, 0.717) is 16.6 Å². The van der Waals surface area contributed by atoms with Crippen molar-refractivity contribution in [1.82, 2.24) is 19.2 Å². The van der Waals surface area contributed by atoms with Gasteiger partial charge < -0.3 is 4.74 Å². The fourth-order valence-electron chi connectivity index (χ4n) is 4.03. The van der Waals surface area contributed by atoms with Crippen molar-refractivity contribution in [3.8, 4) is 0 Å². The topological polar surface area (TPSA) is 50.1 Å². The van der Waals surface area contributed by atoms with Gasteiger partial charge in [-0.25, -0.2) is 4.98 Å². The van der Waals surface area contributed by atoms with E-state index in [4.69, 9.17) is 16.3 Å². The molecule has 0 radical (unpaired) electrons. The van der Waals surface area contributed by atoms with Crippen molar-refractivity contribution in [2.45, 2.75) is 19.4 Å². The Kier molecular flexibility index (Phi) is 5.55. The third kappa shape index (κ3) is 4.26. The van der Waals surface area contributed by atoms with Crippen LogP contribution in [-0.2, 0) is 11.3 Å². The Hall–Kier alpha value is -1.47. The zero-order chi connectivity index (χ0) is 17.9. The van der Waals surface area contributed by atoms with Gasteiger partial charge in [-0.2, -0.15) is 0 Å². The van der Waals surface area contributed by atoms with Gasteiger partial charge in [0.25, 0.3) is 5.56 Å². The van der Waals surface area contributed by atoms with Gasteiger partial charge in [0, 0.05) is 45.0 Å². The molecule has 2 aliphatic rings. The molecule has 4 rings (SSSR count). The van der Waals surface area contributed by atoms with Crippen LogP contribution >= 0.6 is 11.6 Å². The zero-order valence-corrected chi connectivity index (χ0v) is 15.7. The average molecular weight is 377 g/mol. The molecular weight excluding hydrogens is 352 g/mol. The molecule has 2 aromatic rings. The van der Waals surface area contributed by atoms with Gasteiger partial charge in [-0.3, -0.25) is 19.0 Å². The fraction of sp³-hybridized carbons (Fsp3) is 0.579. The van der Waals surface area contributed by atoms with Gasteiger partial charge in [0.05, 0.1) is 23.9 Å². The summed E-state index contributed by atoms with van der Waals surface area (Å²) in [5.41, 5.74) is 1.41. The standard InChI is InChI=1S/C19H25ClN4O2/c20-16-3-4-18-21-17(10-19(25)24(18)13-16)14-23-5-1-2-15(12-23)11-22-6-8-26-9-7-22/h3-4,10,13,15H,1-2,5-9,11-12,14H2. The third-order valence-corrected chi connectivity index (χ3v) is 5.51. The van der Waals surface area contributed by atoms with Crippen LogP contribution in [0.15, 0.2) is 29.2 Å². The lowest BCUT2D eigenvalue weighted by Gasteiger charge is -2.36. The van der Waals surface area contributed by atoms with Crippen LogP contribution in [0.4, 0.5) is 0 Å². The van der Waals surface area contributed by atoms with E-state index < -0.39 is 0 Å². The molecule has 0 aromatic carbocycles. The molecule has 1 atom stereocenters. The molecule has 0 saturated carbocycles. The molecule has 0 spiro atoms. The quantitative estimate of drug-likeness (QED) is 0.815. The summed E-state index contributed by atoms with van der Waals surface area (Å²) in [5.74, 6) is 0.683. The van der Waals surface area contributed by atoms with Crippen molar-refractivity contribution in [1.29, 1.82) is 0 Å². The summed E-state index contributed by atoms with van der Waals surface area (Å²) in [6, 6.07) is 5.20. The lowest BCUT2D eigenvalue weighted by Crippen LogP contribution is -2.44. The summed E-state index contributed by atoms with van der Waals surface area (Å²) in [6.07, 6.45) is 4.10. The third-order valence-electron chi connectivity index (χ3n) is 5.29. The van der Waals surface area contributed by atoms with Crippen molar-refractivity contribution in [3.63, 3.8) is 0 Å². The number of ether oxygens (including phenoxy) is 1. The lowest BCUT2D eigenvalue weighted by atomic mass is 9.97. The van der Waals surface area contributed by atoms with Gasteiger partial charge in [0.1, 0.15) is 5.65 Å². The maximum absolute atomic E-state index is 12.3. The summed E-state index contributed by atoms with van der Waals surface area (Å²) in [5, 5.41) is 0.538. The van der Waals surface area contributed by atoms with Crippen molar-refractivity contribution in [2.24, 2.45) is 5.92 Å². The first-order chi connectivity index (χ1) is 12.7. The highest BCUT2D eigenvalue weighted by molar-refractivity contribution is 6.30. The van der Waals surface area contributed by atoms with E-state index in [9.17, 15) is 4.79 Å². The molecule has 4 heterocycles. The second-order valence-electron chi connectivity index (χ2n) is 7.32. The number of nitrogens with zero attached hydrogens (tertiary/aromatic N) is 4. The normalized spacial score (nSPS) is 22.7. The monoisotopic (exact) mass is 376 g/mol. The lowest BCUT2D eigenvalue weighted by molar-refractivity contribution is 0.0223. The Morgan fingerprint density at radius 2 is 2.04 bits per heavy atom. The maximum Gasteiger partial charge on any atom is 0.258 e. The Morgan fingerprint density at radius 3 is 2.88 bits per heavy atom. The number of halogens is 1. The highest BCUT2D eigenvalue weighted by Gasteiger charge is 2.23. The minimum absolute atomic E-state index is 0.0747. The molecule has 2 aromatic heterocycles. The molecule has 6 nitrogen and oxygen atoms in total. The number of morpholine rings is 1. The average Bonchev–Trinajstić information content (AvgIpc) is 2.64. The summed E-state index contributed by atoms with van der Waals surface area (Å²) in [7, 11) is 0. The van der Waals surface area contributed by atoms with Crippen LogP contribution in [0.25, 0.3) is 5.65 Å². The molecule has 7 heteroatoms. The van der Waals surface area contributed by atoms with E-state index in [0.717, 1.165) is 58.2 Å². The van der Waals surface area contributed by atoms with Crippen LogP contribution in [0.1, 0.15) is 18.5 Å². The van der Waals surface area contributed by atoms with E-state index in [1.54, 1.807) is 24.4 Å². The van der Waals surface area contributed by atoms with Crippen molar-refractivity contribution >= 4 is 17.2 Å². The van der Waals surface area contributed by atoms with E-state index in [1.807, 2.05) is 0 Å². The van der Waals surface area contributed by atoms with Gasteiger partial charge in [-0.15, -0.1) is 0 Å². The molecule has 2 saturated heterocycles. The first-order valence-electron chi connectivity index (χ1n) is 9.38. The molecule has 2 aliphatic heterocycles. The fourth-order valence-corrected chi connectivity index (χ4v) is 4.19. The minimum Gasteiger partial charge on any atom is -0.379 e. The summed E-state index contributed by atoms with van der Waals surface area (Å²) in [4.78, 5) is 21.9. The van der Waals surface area contributed by atoms with E-state index in [1.165, 1.54) is 17.2 Å².